The Labute approximate surface area is 136 Å². The second-order valence-electron chi connectivity index (χ2n) is 5.13. The predicted molar refractivity (Wildman–Crippen MR) is 87.4 cm³/mol. The first-order valence-corrected chi connectivity index (χ1v) is 7.78. The summed E-state index contributed by atoms with van der Waals surface area (Å²) in [6.07, 6.45) is 3.69. The number of carbonyl (C=O) groups excluding carboxylic acids is 1. The minimum absolute atomic E-state index is 0.0434. The molecule has 1 aromatic carbocycles. The molecule has 3 nitrogen and oxygen atoms in total. The van der Waals surface area contributed by atoms with Gasteiger partial charge in [-0.2, -0.15) is 0 Å². The number of anilines is 1. The lowest BCUT2D eigenvalue weighted by molar-refractivity contribution is 0.102. The number of nitrogens with zero attached hydrogens (tertiary/aromatic N) is 1. The Hall–Kier alpha value is -2.47. The van der Waals surface area contributed by atoms with Crippen LogP contribution in [0.5, 0.6) is 0 Å². The fraction of sp³-hybridized carbons (Fsp3) is 0.118. The molecule has 0 unspecified atom stereocenters. The number of carbonyl (C=O) groups is 1. The Morgan fingerprint density at radius 3 is 2.52 bits per heavy atom. The van der Waals surface area contributed by atoms with E-state index in [4.69, 9.17) is 0 Å². The zero-order valence-electron chi connectivity index (χ0n) is 12.6. The van der Waals surface area contributed by atoms with Crippen molar-refractivity contribution in [2.75, 3.05) is 5.32 Å². The molecular formula is C17H14F2N2OS. The second-order valence-corrected chi connectivity index (χ2v) is 6.34. The number of aryl methyl sites for hydroxylation is 1. The number of halogens is 2. The van der Waals surface area contributed by atoms with Crippen molar-refractivity contribution in [1.82, 2.24) is 4.57 Å². The summed E-state index contributed by atoms with van der Waals surface area (Å²) in [6.45, 7) is 3.79. The van der Waals surface area contributed by atoms with E-state index in [0.29, 0.717) is 5.56 Å². The molecular weight excluding hydrogens is 318 g/mol. The van der Waals surface area contributed by atoms with E-state index in [9.17, 15) is 13.6 Å². The Morgan fingerprint density at radius 2 is 1.87 bits per heavy atom. The van der Waals surface area contributed by atoms with E-state index in [2.05, 4.69) is 5.32 Å². The third-order valence-corrected chi connectivity index (χ3v) is 4.83. The van der Waals surface area contributed by atoms with E-state index in [1.165, 1.54) is 17.4 Å². The Balaban J connectivity index is 1.99. The van der Waals surface area contributed by atoms with Gasteiger partial charge >= 0.3 is 0 Å². The van der Waals surface area contributed by atoms with Gasteiger partial charge in [0.15, 0.2) is 0 Å². The molecule has 0 aliphatic rings. The van der Waals surface area contributed by atoms with Crippen molar-refractivity contribution >= 4 is 22.9 Å². The van der Waals surface area contributed by atoms with Crippen molar-refractivity contribution < 1.29 is 13.6 Å². The summed E-state index contributed by atoms with van der Waals surface area (Å²) in [5, 5.41) is 3.29. The minimum atomic E-state index is -0.800. The molecule has 1 amide bonds. The molecule has 0 aliphatic heterocycles. The molecule has 0 saturated heterocycles. The molecule has 6 heteroatoms. The van der Waals surface area contributed by atoms with Crippen LogP contribution in [0.3, 0.4) is 0 Å². The summed E-state index contributed by atoms with van der Waals surface area (Å²) >= 11 is 1.49. The second kappa shape index (κ2) is 5.96. The molecule has 2 aromatic heterocycles. The van der Waals surface area contributed by atoms with Crippen LogP contribution in [-0.4, -0.2) is 10.5 Å². The minimum Gasteiger partial charge on any atom is -0.319 e. The number of nitrogens with one attached hydrogen (secondary N) is 1. The average Bonchev–Trinajstić information content (AvgIpc) is 3.11. The van der Waals surface area contributed by atoms with Crippen LogP contribution in [0.4, 0.5) is 14.5 Å². The summed E-state index contributed by atoms with van der Waals surface area (Å²) in [4.78, 5) is 13.6. The lowest BCUT2D eigenvalue weighted by Gasteiger charge is -2.09. The normalized spacial score (nSPS) is 10.8. The summed E-state index contributed by atoms with van der Waals surface area (Å²) < 4.78 is 28.6. The SMILES string of the molecule is Cc1sc(-n2cccc2)c(C(=O)Nc2ccc(F)cc2F)c1C. The van der Waals surface area contributed by atoms with Crippen LogP contribution in [0.1, 0.15) is 20.8 Å². The molecule has 3 rings (SSSR count). The standard InChI is InChI=1S/C17H14F2N2OS/c1-10-11(2)23-17(21-7-3-4-8-21)15(10)16(22)20-14-6-5-12(18)9-13(14)19/h3-9H,1-2H3,(H,20,22). The van der Waals surface area contributed by atoms with Crippen molar-refractivity contribution in [3.8, 4) is 5.00 Å². The number of benzene rings is 1. The highest BCUT2D eigenvalue weighted by molar-refractivity contribution is 7.15. The highest BCUT2D eigenvalue weighted by Gasteiger charge is 2.21. The summed E-state index contributed by atoms with van der Waals surface area (Å²) in [6, 6.07) is 6.80. The predicted octanol–water partition coefficient (Wildman–Crippen LogP) is 4.69. The molecule has 0 bridgehead atoms. The van der Waals surface area contributed by atoms with Crippen molar-refractivity contribution in [2.45, 2.75) is 13.8 Å². The molecule has 0 spiro atoms. The monoisotopic (exact) mass is 332 g/mol. The molecule has 23 heavy (non-hydrogen) atoms. The van der Waals surface area contributed by atoms with Gasteiger partial charge in [-0.15, -0.1) is 11.3 Å². The highest BCUT2D eigenvalue weighted by Crippen LogP contribution is 2.31. The summed E-state index contributed by atoms with van der Waals surface area (Å²) in [7, 11) is 0. The first-order valence-electron chi connectivity index (χ1n) is 6.97. The molecule has 0 fully saturated rings. The van der Waals surface area contributed by atoms with Crippen LogP contribution >= 0.6 is 11.3 Å². The van der Waals surface area contributed by atoms with Gasteiger partial charge in [-0.3, -0.25) is 4.79 Å². The van der Waals surface area contributed by atoms with E-state index >= 15 is 0 Å². The number of aromatic nitrogens is 1. The maximum Gasteiger partial charge on any atom is 0.259 e. The fourth-order valence-electron chi connectivity index (χ4n) is 2.30. The van der Waals surface area contributed by atoms with E-state index in [1.807, 2.05) is 42.9 Å². The third kappa shape index (κ3) is 2.90. The highest BCUT2D eigenvalue weighted by atomic mass is 32.1. The van der Waals surface area contributed by atoms with Gasteiger partial charge < -0.3 is 9.88 Å². The van der Waals surface area contributed by atoms with E-state index in [1.54, 1.807) is 0 Å². The molecule has 3 aromatic rings. The van der Waals surface area contributed by atoms with E-state index in [-0.39, 0.29) is 5.69 Å². The fourth-order valence-corrected chi connectivity index (χ4v) is 3.42. The topological polar surface area (TPSA) is 34.0 Å². The van der Waals surface area contributed by atoms with Crippen LogP contribution in [0.15, 0.2) is 42.7 Å². The zero-order chi connectivity index (χ0) is 16.6. The largest absolute Gasteiger partial charge is 0.319 e. The number of hydrogen-bond donors (Lipinski definition) is 1. The van der Waals surface area contributed by atoms with E-state index < -0.39 is 17.5 Å². The Kier molecular flexibility index (Phi) is 4.00. The quantitative estimate of drug-likeness (QED) is 0.742. The van der Waals surface area contributed by atoms with Crippen molar-refractivity contribution in [3.63, 3.8) is 0 Å². The van der Waals surface area contributed by atoms with Gasteiger partial charge in [0.05, 0.1) is 11.3 Å². The summed E-state index contributed by atoms with van der Waals surface area (Å²) in [5.41, 5.74) is 1.30. The van der Waals surface area contributed by atoms with Crippen molar-refractivity contribution in [2.24, 2.45) is 0 Å². The Morgan fingerprint density at radius 1 is 1.17 bits per heavy atom. The summed E-state index contributed by atoms with van der Waals surface area (Å²) in [5.74, 6) is -1.90. The van der Waals surface area contributed by atoms with Gasteiger partial charge in [0, 0.05) is 23.3 Å². The first-order chi connectivity index (χ1) is 11.0. The van der Waals surface area contributed by atoms with Crippen LogP contribution in [0.25, 0.3) is 5.00 Å². The van der Waals surface area contributed by atoms with Crippen LogP contribution in [-0.2, 0) is 0 Å². The van der Waals surface area contributed by atoms with E-state index in [0.717, 1.165) is 27.6 Å². The van der Waals surface area contributed by atoms with Gasteiger partial charge in [-0.25, -0.2) is 8.78 Å². The zero-order valence-corrected chi connectivity index (χ0v) is 13.4. The van der Waals surface area contributed by atoms with Crippen LogP contribution < -0.4 is 5.32 Å². The van der Waals surface area contributed by atoms with Gasteiger partial charge in [-0.05, 0) is 43.7 Å². The van der Waals surface area contributed by atoms with Crippen LogP contribution in [0.2, 0.25) is 0 Å². The maximum atomic E-state index is 13.7. The smallest absolute Gasteiger partial charge is 0.259 e. The lowest BCUT2D eigenvalue weighted by atomic mass is 10.1. The molecule has 0 aliphatic carbocycles. The van der Waals surface area contributed by atoms with Gasteiger partial charge in [0.1, 0.15) is 16.6 Å². The number of rotatable bonds is 3. The third-order valence-electron chi connectivity index (χ3n) is 3.61. The van der Waals surface area contributed by atoms with Crippen molar-refractivity contribution in [3.05, 3.63) is 70.4 Å². The van der Waals surface area contributed by atoms with Gasteiger partial charge in [-0.1, -0.05) is 0 Å². The molecule has 0 atom stereocenters. The van der Waals surface area contributed by atoms with Crippen molar-refractivity contribution in [1.29, 1.82) is 0 Å². The first kappa shape index (κ1) is 15.4. The molecule has 118 valence electrons. The molecule has 0 saturated carbocycles. The van der Waals surface area contributed by atoms with Gasteiger partial charge in [0.25, 0.3) is 5.91 Å². The van der Waals surface area contributed by atoms with Crippen LogP contribution in [0, 0.1) is 25.5 Å². The number of thiophene rings is 1. The Bertz CT molecular complexity index is 869. The lowest BCUT2D eigenvalue weighted by Crippen LogP contribution is -2.15. The molecule has 0 radical (unpaired) electrons. The number of amides is 1. The average molecular weight is 332 g/mol. The number of hydrogen-bond acceptors (Lipinski definition) is 2. The van der Waals surface area contributed by atoms with Gasteiger partial charge in [0.2, 0.25) is 0 Å². The molecule has 2 heterocycles. The maximum absolute atomic E-state index is 13.7. The molecule has 1 N–H and O–H groups in total.